The van der Waals surface area contributed by atoms with Crippen LogP contribution in [0.2, 0.25) is 0 Å². The van der Waals surface area contributed by atoms with Crippen LogP contribution in [0.15, 0.2) is 17.5 Å². The number of hydroxylamine groups is 2. The number of amidine groups is 1. The fourth-order valence-electron chi connectivity index (χ4n) is 0.674. The third kappa shape index (κ3) is 0.882. The molecule has 0 aliphatic carbocycles. The predicted molar refractivity (Wildman–Crippen MR) is 34.2 cm³/mol. The molecule has 4 heteroatoms. The van der Waals surface area contributed by atoms with E-state index in [1.54, 1.807) is 7.11 Å². The molecule has 0 amide bonds. The monoisotopic (exact) mass is 127 g/mol. The highest BCUT2D eigenvalue weighted by atomic mass is 16.7. The molecule has 0 atom stereocenters. The number of hydrogen-bond donors (Lipinski definition) is 1. The van der Waals surface area contributed by atoms with Gasteiger partial charge in [0.15, 0.2) is 5.84 Å². The van der Waals surface area contributed by atoms with Crippen LogP contribution in [-0.2, 0) is 4.84 Å². The summed E-state index contributed by atoms with van der Waals surface area (Å²) in [6.07, 6.45) is 0. The van der Waals surface area contributed by atoms with Crippen molar-refractivity contribution >= 4 is 5.84 Å². The largest absolute Gasteiger partial charge is 0.269 e. The Morgan fingerprint density at radius 2 is 2.44 bits per heavy atom. The molecule has 0 aromatic rings. The summed E-state index contributed by atoms with van der Waals surface area (Å²) < 4.78 is 0. The molecule has 0 aromatic heterocycles. The van der Waals surface area contributed by atoms with Gasteiger partial charge < -0.3 is 0 Å². The van der Waals surface area contributed by atoms with Gasteiger partial charge in [0.2, 0.25) is 0 Å². The molecule has 0 saturated carbocycles. The summed E-state index contributed by atoms with van der Waals surface area (Å²) in [7, 11) is 1.57. The van der Waals surface area contributed by atoms with Gasteiger partial charge in [0, 0.05) is 0 Å². The molecule has 1 heterocycles. The van der Waals surface area contributed by atoms with Crippen LogP contribution in [0.25, 0.3) is 0 Å². The second kappa shape index (κ2) is 2.06. The third-order valence-corrected chi connectivity index (χ3v) is 1.07. The smallest absolute Gasteiger partial charge is 0.153 e. The van der Waals surface area contributed by atoms with E-state index in [0.717, 1.165) is 5.84 Å². The average Bonchev–Trinajstić information content (AvgIpc) is 2.12. The fourth-order valence-corrected chi connectivity index (χ4v) is 0.674. The highest BCUT2D eigenvalue weighted by Crippen LogP contribution is 2.05. The number of nitrogens with one attached hydrogen (secondary N) is 1. The van der Waals surface area contributed by atoms with Crippen molar-refractivity contribution in [3.05, 3.63) is 12.4 Å². The number of hydrogen-bond acceptors (Lipinski definition) is 4. The van der Waals surface area contributed by atoms with Crippen LogP contribution < -0.4 is 5.43 Å². The van der Waals surface area contributed by atoms with Crippen molar-refractivity contribution in [3.63, 3.8) is 0 Å². The minimum Gasteiger partial charge on any atom is -0.269 e. The minimum atomic E-state index is 0.648. The van der Waals surface area contributed by atoms with Crippen LogP contribution in [0.1, 0.15) is 6.92 Å². The molecule has 0 spiro atoms. The molecule has 50 valence electrons. The Balaban J connectivity index is 2.67. The van der Waals surface area contributed by atoms with Crippen molar-refractivity contribution in [2.24, 2.45) is 5.10 Å². The van der Waals surface area contributed by atoms with Gasteiger partial charge in [0.05, 0.1) is 7.11 Å². The molecule has 9 heavy (non-hydrogen) atoms. The molecule has 1 rings (SSSR count). The van der Waals surface area contributed by atoms with Crippen molar-refractivity contribution < 1.29 is 4.84 Å². The van der Waals surface area contributed by atoms with Crippen LogP contribution in [-0.4, -0.2) is 18.0 Å². The summed E-state index contributed by atoms with van der Waals surface area (Å²) in [5.41, 5.74) is 2.66. The van der Waals surface area contributed by atoms with E-state index < -0.39 is 0 Å². The van der Waals surface area contributed by atoms with Crippen molar-refractivity contribution in [2.75, 3.05) is 7.11 Å². The van der Waals surface area contributed by atoms with Crippen LogP contribution >= 0.6 is 0 Å². The second-order valence-corrected chi connectivity index (χ2v) is 1.69. The molecule has 1 N–H and O–H groups in total. The van der Waals surface area contributed by atoms with Crippen molar-refractivity contribution in [2.45, 2.75) is 6.92 Å². The molecule has 1 aliphatic heterocycles. The Hall–Kier alpha value is -1.03. The molecule has 0 bridgehead atoms. The Morgan fingerprint density at radius 3 is 2.67 bits per heavy atom. The van der Waals surface area contributed by atoms with Crippen molar-refractivity contribution in [1.82, 2.24) is 10.5 Å². The van der Waals surface area contributed by atoms with Gasteiger partial charge in [-0.05, 0) is 6.92 Å². The van der Waals surface area contributed by atoms with Gasteiger partial charge in [-0.25, -0.2) is 0 Å². The lowest BCUT2D eigenvalue weighted by atomic mass is 10.6. The Bertz CT molecular complexity index is 164. The third-order valence-electron chi connectivity index (χ3n) is 1.07. The van der Waals surface area contributed by atoms with Gasteiger partial charge >= 0.3 is 0 Å². The second-order valence-electron chi connectivity index (χ2n) is 1.69. The van der Waals surface area contributed by atoms with E-state index in [1.807, 2.05) is 6.92 Å². The molecular formula is C5H9N3O. The lowest BCUT2D eigenvalue weighted by Crippen LogP contribution is -2.23. The minimum absolute atomic E-state index is 0.648. The SMILES string of the molecule is C=C1NN=C(C)N1OC. The van der Waals surface area contributed by atoms with Gasteiger partial charge in [0.25, 0.3) is 0 Å². The Labute approximate surface area is 53.7 Å². The van der Waals surface area contributed by atoms with Gasteiger partial charge in [0.1, 0.15) is 5.82 Å². The molecule has 1 aliphatic rings. The van der Waals surface area contributed by atoms with Gasteiger partial charge in [-0.15, -0.1) is 0 Å². The lowest BCUT2D eigenvalue weighted by molar-refractivity contribution is -0.0322. The number of rotatable bonds is 1. The van der Waals surface area contributed by atoms with E-state index in [9.17, 15) is 0 Å². The maximum absolute atomic E-state index is 4.88. The van der Waals surface area contributed by atoms with Crippen LogP contribution in [0.5, 0.6) is 0 Å². The molecule has 0 aromatic carbocycles. The van der Waals surface area contributed by atoms with Crippen LogP contribution in [0.4, 0.5) is 0 Å². The summed E-state index contributed by atoms with van der Waals surface area (Å²) in [6, 6.07) is 0. The molecule has 4 nitrogen and oxygen atoms in total. The van der Waals surface area contributed by atoms with Gasteiger partial charge in [-0.2, -0.15) is 10.2 Å². The predicted octanol–water partition coefficient (Wildman–Crippen LogP) is 0.258. The number of hydrazone groups is 1. The maximum Gasteiger partial charge on any atom is 0.153 e. The maximum atomic E-state index is 4.88. The zero-order valence-corrected chi connectivity index (χ0v) is 5.51. The first-order valence-electron chi connectivity index (χ1n) is 2.59. The highest BCUT2D eigenvalue weighted by Gasteiger charge is 2.15. The van der Waals surface area contributed by atoms with Gasteiger partial charge in [-0.1, -0.05) is 6.58 Å². The van der Waals surface area contributed by atoms with Gasteiger partial charge in [-0.3, -0.25) is 10.3 Å². The lowest BCUT2D eigenvalue weighted by Gasteiger charge is -2.13. The first-order chi connectivity index (χ1) is 4.25. The zero-order valence-electron chi connectivity index (χ0n) is 5.51. The summed E-state index contributed by atoms with van der Waals surface area (Å²) in [5, 5.41) is 5.35. The van der Waals surface area contributed by atoms with E-state index in [0.29, 0.717) is 5.82 Å². The summed E-state index contributed by atoms with van der Waals surface area (Å²) >= 11 is 0. The van der Waals surface area contributed by atoms with E-state index in [-0.39, 0.29) is 0 Å². The summed E-state index contributed by atoms with van der Waals surface area (Å²) in [4.78, 5) is 4.88. The normalized spacial score (nSPS) is 17.8. The molecular weight excluding hydrogens is 118 g/mol. The van der Waals surface area contributed by atoms with Crippen molar-refractivity contribution in [3.8, 4) is 0 Å². The topological polar surface area (TPSA) is 36.9 Å². The van der Waals surface area contributed by atoms with E-state index in [1.165, 1.54) is 5.06 Å². The molecule has 0 saturated heterocycles. The average molecular weight is 127 g/mol. The Morgan fingerprint density at radius 1 is 1.78 bits per heavy atom. The first kappa shape index (κ1) is 6.10. The summed E-state index contributed by atoms with van der Waals surface area (Å²) in [6.45, 7) is 5.46. The quantitative estimate of drug-likeness (QED) is 0.549. The van der Waals surface area contributed by atoms with E-state index >= 15 is 0 Å². The first-order valence-corrected chi connectivity index (χ1v) is 2.59. The highest BCUT2D eigenvalue weighted by molar-refractivity contribution is 5.81. The van der Waals surface area contributed by atoms with Crippen LogP contribution in [0.3, 0.4) is 0 Å². The van der Waals surface area contributed by atoms with Crippen LogP contribution in [0, 0.1) is 0 Å². The number of nitrogens with zero attached hydrogens (tertiary/aromatic N) is 2. The molecule has 0 radical (unpaired) electrons. The standard InChI is InChI=1S/C5H9N3O/c1-4-6-7-5(2)8(4)9-3/h6H,1H2,2-3H3. The molecule has 0 fully saturated rings. The van der Waals surface area contributed by atoms with E-state index in [4.69, 9.17) is 4.84 Å². The summed E-state index contributed by atoms with van der Waals surface area (Å²) in [5.74, 6) is 1.41. The van der Waals surface area contributed by atoms with Crippen molar-refractivity contribution in [1.29, 1.82) is 0 Å². The zero-order chi connectivity index (χ0) is 6.85. The Kier molecular flexibility index (Phi) is 1.40. The fraction of sp³-hybridized carbons (Fsp3) is 0.400. The van der Waals surface area contributed by atoms with E-state index in [2.05, 4.69) is 17.1 Å². The molecule has 0 unspecified atom stereocenters.